The minimum Gasteiger partial charge on any atom is -0.462 e. The molecule has 4 nitrogen and oxygen atoms in total. The Labute approximate surface area is 190 Å². The average Bonchev–Trinajstić information content (AvgIpc) is 2.84. The van der Waals surface area contributed by atoms with Crippen molar-refractivity contribution in [2.24, 2.45) is 0 Å². The molecule has 0 saturated carbocycles. The lowest BCUT2D eigenvalue weighted by atomic mass is 10.0. The first-order valence-electron chi connectivity index (χ1n) is 11.3. The van der Waals surface area contributed by atoms with Gasteiger partial charge in [-0.3, -0.25) is 0 Å². The van der Waals surface area contributed by atoms with Crippen LogP contribution in [0.25, 0.3) is 11.1 Å². The van der Waals surface area contributed by atoms with E-state index in [1.807, 2.05) is 48.5 Å². The van der Waals surface area contributed by atoms with Gasteiger partial charge in [0, 0.05) is 5.56 Å². The van der Waals surface area contributed by atoms with E-state index in [1.165, 1.54) is 25.3 Å². The second-order valence-corrected chi connectivity index (χ2v) is 7.74. The Hall–Kier alpha value is -3.40. The maximum Gasteiger partial charge on any atom is 0.343 e. The second kappa shape index (κ2) is 12.5. The molecule has 3 aromatic rings. The molecule has 0 N–H and O–H groups in total. The maximum atomic E-state index is 12.8. The van der Waals surface area contributed by atoms with E-state index < -0.39 is 11.9 Å². The van der Waals surface area contributed by atoms with Crippen LogP contribution in [0, 0.1) is 0 Å². The molecule has 166 valence electrons. The second-order valence-electron chi connectivity index (χ2n) is 7.74. The lowest BCUT2D eigenvalue weighted by molar-refractivity contribution is 0.0497. The summed E-state index contributed by atoms with van der Waals surface area (Å²) in [6, 6.07) is 23.6. The van der Waals surface area contributed by atoms with E-state index in [2.05, 4.69) is 6.92 Å². The van der Waals surface area contributed by atoms with Gasteiger partial charge in [-0.25, -0.2) is 9.59 Å². The molecule has 0 aliphatic carbocycles. The maximum absolute atomic E-state index is 12.8. The molecule has 0 saturated heterocycles. The van der Waals surface area contributed by atoms with Crippen LogP contribution >= 0.6 is 0 Å². The Kier molecular flexibility index (Phi) is 9.05. The van der Waals surface area contributed by atoms with Crippen molar-refractivity contribution in [3.8, 4) is 16.9 Å². The minimum absolute atomic E-state index is 0.307. The fourth-order valence-electron chi connectivity index (χ4n) is 3.47. The van der Waals surface area contributed by atoms with Gasteiger partial charge in [-0.1, -0.05) is 93.6 Å². The Morgan fingerprint density at radius 1 is 0.688 bits per heavy atom. The van der Waals surface area contributed by atoms with Crippen LogP contribution in [-0.4, -0.2) is 18.5 Å². The SMILES string of the molecule is CCCCCCCCOC(=O)c1cccc(C(=O)Oc2ccccc2-c2ccccc2)c1. The summed E-state index contributed by atoms with van der Waals surface area (Å²) in [6.45, 7) is 2.58. The Morgan fingerprint density at radius 2 is 1.34 bits per heavy atom. The van der Waals surface area contributed by atoms with Crippen molar-refractivity contribution in [3.05, 3.63) is 90.0 Å². The zero-order valence-corrected chi connectivity index (χ0v) is 18.6. The molecule has 0 spiro atoms. The standard InChI is InChI=1S/C28H30O4/c1-2-3-4-5-6-12-20-31-27(29)23-16-13-17-24(21-23)28(30)32-26-19-11-10-18-25(26)22-14-8-7-9-15-22/h7-11,13-19,21H,2-6,12,20H2,1H3. The third-order valence-electron chi connectivity index (χ3n) is 5.24. The number of benzene rings is 3. The Bertz CT molecular complexity index is 1010. The monoisotopic (exact) mass is 430 g/mol. The summed E-state index contributed by atoms with van der Waals surface area (Å²) in [6.07, 6.45) is 6.76. The molecular formula is C28H30O4. The van der Waals surface area contributed by atoms with Crippen molar-refractivity contribution in [1.29, 1.82) is 0 Å². The van der Waals surface area contributed by atoms with Crippen molar-refractivity contribution in [3.63, 3.8) is 0 Å². The van der Waals surface area contributed by atoms with Gasteiger partial charge in [-0.05, 0) is 36.2 Å². The van der Waals surface area contributed by atoms with Gasteiger partial charge in [-0.15, -0.1) is 0 Å². The number of rotatable bonds is 11. The first-order chi connectivity index (χ1) is 15.7. The van der Waals surface area contributed by atoms with E-state index in [9.17, 15) is 9.59 Å². The van der Waals surface area contributed by atoms with Crippen LogP contribution in [0.5, 0.6) is 5.75 Å². The van der Waals surface area contributed by atoms with E-state index in [4.69, 9.17) is 9.47 Å². The van der Waals surface area contributed by atoms with Crippen molar-refractivity contribution < 1.29 is 19.1 Å². The molecule has 0 aliphatic heterocycles. The third kappa shape index (κ3) is 6.81. The van der Waals surface area contributed by atoms with Crippen LogP contribution in [0.4, 0.5) is 0 Å². The van der Waals surface area contributed by atoms with Gasteiger partial charge >= 0.3 is 11.9 Å². The summed E-state index contributed by atoms with van der Waals surface area (Å²) in [7, 11) is 0. The van der Waals surface area contributed by atoms with Crippen molar-refractivity contribution >= 4 is 11.9 Å². The predicted molar refractivity (Wildman–Crippen MR) is 127 cm³/mol. The largest absolute Gasteiger partial charge is 0.462 e. The number of esters is 2. The van der Waals surface area contributed by atoms with E-state index in [-0.39, 0.29) is 0 Å². The Balaban J connectivity index is 1.60. The summed E-state index contributed by atoms with van der Waals surface area (Å²) in [5.41, 5.74) is 2.45. The van der Waals surface area contributed by atoms with Crippen LogP contribution < -0.4 is 4.74 Å². The van der Waals surface area contributed by atoms with Gasteiger partial charge in [0.05, 0.1) is 17.7 Å². The molecular weight excluding hydrogens is 400 g/mol. The highest BCUT2D eigenvalue weighted by Gasteiger charge is 2.15. The van der Waals surface area contributed by atoms with E-state index in [0.29, 0.717) is 23.5 Å². The summed E-state index contributed by atoms with van der Waals surface area (Å²) < 4.78 is 11.0. The van der Waals surface area contributed by atoms with Gasteiger partial charge in [0.1, 0.15) is 5.75 Å². The summed E-state index contributed by atoms with van der Waals surface area (Å²) in [5, 5.41) is 0. The van der Waals surface area contributed by atoms with Gasteiger partial charge in [-0.2, -0.15) is 0 Å². The minimum atomic E-state index is -0.515. The lowest BCUT2D eigenvalue weighted by Crippen LogP contribution is -2.12. The number of hydrogen-bond donors (Lipinski definition) is 0. The zero-order chi connectivity index (χ0) is 22.6. The lowest BCUT2D eigenvalue weighted by Gasteiger charge is -2.11. The highest BCUT2D eigenvalue weighted by molar-refractivity contribution is 5.96. The smallest absolute Gasteiger partial charge is 0.343 e. The fourth-order valence-corrected chi connectivity index (χ4v) is 3.47. The Morgan fingerprint density at radius 3 is 2.12 bits per heavy atom. The molecule has 0 bridgehead atoms. The van der Waals surface area contributed by atoms with E-state index in [1.54, 1.807) is 24.3 Å². The number of carbonyl (C=O) groups excluding carboxylic acids is 2. The summed E-state index contributed by atoms with van der Waals surface area (Å²) in [4.78, 5) is 25.2. The molecule has 0 aromatic heterocycles. The van der Waals surface area contributed by atoms with Crippen LogP contribution in [0.15, 0.2) is 78.9 Å². The molecule has 3 aromatic carbocycles. The number of ether oxygens (including phenoxy) is 2. The van der Waals surface area contributed by atoms with Gasteiger partial charge in [0.25, 0.3) is 0 Å². The predicted octanol–water partition coefficient (Wildman–Crippen LogP) is 7.09. The first-order valence-corrected chi connectivity index (χ1v) is 11.3. The van der Waals surface area contributed by atoms with Crippen LogP contribution in [0.3, 0.4) is 0 Å². The summed E-state index contributed by atoms with van der Waals surface area (Å²) in [5.74, 6) is -0.461. The molecule has 3 rings (SSSR count). The third-order valence-corrected chi connectivity index (χ3v) is 5.24. The molecule has 0 heterocycles. The van der Waals surface area contributed by atoms with Gasteiger partial charge in [0.2, 0.25) is 0 Å². The number of para-hydroxylation sites is 1. The molecule has 0 unspecified atom stereocenters. The van der Waals surface area contributed by atoms with E-state index in [0.717, 1.165) is 30.4 Å². The van der Waals surface area contributed by atoms with Gasteiger partial charge in [0.15, 0.2) is 0 Å². The normalized spacial score (nSPS) is 10.5. The van der Waals surface area contributed by atoms with Crippen molar-refractivity contribution in [2.75, 3.05) is 6.61 Å². The first kappa shape index (κ1) is 23.3. The molecule has 0 amide bonds. The molecule has 0 atom stereocenters. The molecule has 0 fully saturated rings. The molecule has 0 aliphatic rings. The van der Waals surface area contributed by atoms with Crippen LogP contribution in [-0.2, 0) is 4.74 Å². The highest BCUT2D eigenvalue weighted by Crippen LogP contribution is 2.30. The topological polar surface area (TPSA) is 52.6 Å². The van der Waals surface area contributed by atoms with Crippen molar-refractivity contribution in [1.82, 2.24) is 0 Å². The number of unbranched alkanes of at least 4 members (excludes halogenated alkanes) is 5. The average molecular weight is 431 g/mol. The van der Waals surface area contributed by atoms with Gasteiger partial charge < -0.3 is 9.47 Å². The molecule has 4 heteroatoms. The highest BCUT2D eigenvalue weighted by atomic mass is 16.5. The fraction of sp³-hybridized carbons (Fsp3) is 0.286. The van der Waals surface area contributed by atoms with Crippen molar-refractivity contribution in [2.45, 2.75) is 45.4 Å². The number of carbonyl (C=O) groups is 2. The summed E-state index contributed by atoms with van der Waals surface area (Å²) >= 11 is 0. The van der Waals surface area contributed by atoms with Crippen LogP contribution in [0.1, 0.15) is 66.2 Å². The zero-order valence-electron chi connectivity index (χ0n) is 18.6. The van der Waals surface area contributed by atoms with E-state index >= 15 is 0 Å². The number of hydrogen-bond acceptors (Lipinski definition) is 4. The quantitative estimate of drug-likeness (QED) is 0.185. The van der Waals surface area contributed by atoms with Crippen LogP contribution in [0.2, 0.25) is 0 Å². The molecule has 0 radical (unpaired) electrons. The molecule has 32 heavy (non-hydrogen) atoms.